The van der Waals surface area contributed by atoms with Gasteiger partial charge in [0, 0.05) is 34.1 Å². The Morgan fingerprint density at radius 3 is 2.71 bits per heavy atom. The van der Waals surface area contributed by atoms with Crippen LogP contribution in [0.25, 0.3) is 0 Å². The third kappa shape index (κ3) is 2.76. The van der Waals surface area contributed by atoms with E-state index in [4.69, 9.17) is 15.2 Å². The maximum absolute atomic E-state index is 13.2. The Bertz CT molecular complexity index is 677. The lowest BCUT2D eigenvalue weighted by atomic mass is 9.93. The molecule has 1 aliphatic heterocycles. The summed E-state index contributed by atoms with van der Waals surface area (Å²) < 4.78 is 25.2. The predicted molar refractivity (Wildman–Crippen MR) is 82.0 cm³/mol. The maximum atomic E-state index is 13.2. The van der Waals surface area contributed by atoms with E-state index in [2.05, 4.69) is 15.9 Å². The number of hydrogen-bond donors (Lipinski definition) is 1. The molecule has 5 heteroatoms. The molecule has 2 N–H and O–H groups in total. The highest BCUT2D eigenvalue weighted by Crippen LogP contribution is 2.42. The van der Waals surface area contributed by atoms with E-state index in [9.17, 15) is 4.39 Å². The molecule has 2 aromatic carbocycles. The number of benzene rings is 2. The second kappa shape index (κ2) is 5.66. The molecule has 3 nitrogen and oxygen atoms in total. The van der Waals surface area contributed by atoms with E-state index in [1.165, 1.54) is 12.1 Å². The molecular formula is C16H15BrFNO2. The van der Waals surface area contributed by atoms with Crippen LogP contribution in [0.1, 0.15) is 29.7 Å². The topological polar surface area (TPSA) is 44.5 Å². The van der Waals surface area contributed by atoms with Crippen LogP contribution in [0.15, 0.2) is 40.9 Å². The summed E-state index contributed by atoms with van der Waals surface area (Å²) in [6, 6.07) is 10.1. The zero-order valence-electron chi connectivity index (χ0n) is 11.5. The van der Waals surface area contributed by atoms with E-state index in [0.717, 1.165) is 16.9 Å². The fourth-order valence-electron chi connectivity index (χ4n) is 2.56. The van der Waals surface area contributed by atoms with Crippen molar-refractivity contribution < 1.29 is 13.9 Å². The van der Waals surface area contributed by atoms with Gasteiger partial charge in [-0.1, -0.05) is 28.1 Å². The molecule has 21 heavy (non-hydrogen) atoms. The van der Waals surface area contributed by atoms with Gasteiger partial charge >= 0.3 is 0 Å². The first kappa shape index (κ1) is 14.4. The number of nitrogens with two attached hydrogens (primary N) is 1. The minimum Gasteiger partial charge on any atom is -0.497 e. The van der Waals surface area contributed by atoms with Gasteiger partial charge < -0.3 is 15.2 Å². The lowest BCUT2D eigenvalue weighted by Crippen LogP contribution is -2.24. The Kier molecular flexibility index (Phi) is 3.87. The molecule has 2 aromatic rings. The van der Waals surface area contributed by atoms with E-state index >= 15 is 0 Å². The van der Waals surface area contributed by atoms with Crippen LogP contribution >= 0.6 is 15.9 Å². The van der Waals surface area contributed by atoms with Crippen LogP contribution in [0.4, 0.5) is 4.39 Å². The molecule has 1 aliphatic rings. The summed E-state index contributed by atoms with van der Waals surface area (Å²) in [6.45, 7) is 0. The molecule has 2 unspecified atom stereocenters. The van der Waals surface area contributed by atoms with Crippen LogP contribution in [0.3, 0.4) is 0 Å². The lowest BCUT2D eigenvalue weighted by Gasteiger charge is -2.31. The molecular weight excluding hydrogens is 337 g/mol. The first-order valence-electron chi connectivity index (χ1n) is 6.63. The highest BCUT2D eigenvalue weighted by atomic mass is 79.9. The Balaban J connectivity index is 1.96. The molecule has 3 rings (SSSR count). The molecule has 0 saturated heterocycles. The van der Waals surface area contributed by atoms with Crippen LogP contribution in [-0.2, 0) is 0 Å². The molecule has 0 aromatic heterocycles. The van der Waals surface area contributed by atoms with Crippen molar-refractivity contribution in [3.05, 3.63) is 57.8 Å². The van der Waals surface area contributed by atoms with E-state index in [1.54, 1.807) is 13.2 Å². The molecule has 0 aliphatic carbocycles. The third-order valence-corrected chi connectivity index (χ3v) is 4.35. The van der Waals surface area contributed by atoms with Crippen molar-refractivity contribution in [3.8, 4) is 11.5 Å². The fraction of sp³-hybridized carbons (Fsp3) is 0.250. The van der Waals surface area contributed by atoms with Crippen LogP contribution in [0.2, 0.25) is 0 Å². The Labute approximate surface area is 131 Å². The van der Waals surface area contributed by atoms with Gasteiger partial charge in [-0.15, -0.1) is 0 Å². The number of ether oxygens (including phenoxy) is 2. The summed E-state index contributed by atoms with van der Waals surface area (Å²) in [5, 5.41) is 0. The minimum absolute atomic E-state index is 0.124. The van der Waals surface area contributed by atoms with Gasteiger partial charge in [0.25, 0.3) is 0 Å². The Morgan fingerprint density at radius 2 is 2.00 bits per heavy atom. The van der Waals surface area contributed by atoms with Crippen LogP contribution in [0.5, 0.6) is 11.5 Å². The maximum Gasteiger partial charge on any atom is 0.128 e. The Morgan fingerprint density at radius 1 is 1.24 bits per heavy atom. The molecule has 0 radical (unpaired) electrons. The number of fused-ring (bicyclic) bond motifs is 1. The van der Waals surface area contributed by atoms with Gasteiger partial charge in [0.2, 0.25) is 0 Å². The van der Waals surface area contributed by atoms with E-state index in [-0.39, 0.29) is 18.0 Å². The summed E-state index contributed by atoms with van der Waals surface area (Å²) >= 11 is 3.39. The van der Waals surface area contributed by atoms with Gasteiger partial charge in [0.15, 0.2) is 0 Å². The average molecular weight is 352 g/mol. The Hall–Kier alpha value is -1.59. The van der Waals surface area contributed by atoms with Gasteiger partial charge in [0.1, 0.15) is 23.4 Å². The average Bonchev–Trinajstić information content (AvgIpc) is 2.46. The number of halogens is 2. The molecule has 110 valence electrons. The summed E-state index contributed by atoms with van der Waals surface area (Å²) in [5.41, 5.74) is 8.09. The van der Waals surface area contributed by atoms with Gasteiger partial charge in [-0.3, -0.25) is 0 Å². The van der Waals surface area contributed by atoms with Crippen molar-refractivity contribution in [2.75, 3.05) is 7.11 Å². The van der Waals surface area contributed by atoms with Gasteiger partial charge in [0.05, 0.1) is 7.11 Å². The first-order valence-corrected chi connectivity index (χ1v) is 7.43. The first-order chi connectivity index (χ1) is 10.1. The van der Waals surface area contributed by atoms with Crippen molar-refractivity contribution in [2.24, 2.45) is 5.73 Å². The third-order valence-electron chi connectivity index (χ3n) is 3.67. The summed E-state index contributed by atoms with van der Waals surface area (Å²) in [4.78, 5) is 0. The zero-order valence-corrected chi connectivity index (χ0v) is 13.1. The quantitative estimate of drug-likeness (QED) is 0.884. The normalized spacial score (nSPS) is 20.6. The predicted octanol–water partition coefficient (Wildman–Crippen LogP) is 4.12. The highest BCUT2D eigenvalue weighted by molar-refractivity contribution is 9.10. The van der Waals surface area contributed by atoms with Crippen molar-refractivity contribution in [3.63, 3.8) is 0 Å². The highest BCUT2D eigenvalue weighted by Gasteiger charge is 2.28. The smallest absolute Gasteiger partial charge is 0.128 e. The monoisotopic (exact) mass is 351 g/mol. The van der Waals surface area contributed by atoms with Crippen LogP contribution in [-0.4, -0.2) is 7.11 Å². The number of methoxy groups -OCH3 is 1. The SMILES string of the molecule is COc1ccc2c(c1)OC(c1ccc(F)cc1Br)CC2N. The van der Waals surface area contributed by atoms with Crippen LogP contribution < -0.4 is 15.2 Å². The number of rotatable bonds is 2. The van der Waals surface area contributed by atoms with Gasteiger partial charge in [-0.2, -0.15) is 0 Å². The largest absolute Gasteiger partial charge is 0.497 e. The molecule has 0 fully saturated rings. The second-order valence-electron chi connectivity index (χ2n) is 5.02. The van der Waals surface area contributed by atoms with Crippen molar-refractivity contribution in [2.45, 2.75) is 18.6 Å². The van der Waals surface area contributed by atoms with Gasteiger partial charge in [-0.05, 0) is 18.2 Å². The minimum atomic E-state index is -0.284. The van der Waals surface area contributed by atoms with Crippen molar-refractivity contribution >= 4 is 15.9 Å². The molecule has 0 bridgehead atoms. The van der Waals surface area contributed by atoms with E-state index < -0.39 is 0 Å². The number of hydrogen-bond acceptors (Lipinski definition) is 3. The lowest BCUT2D eigenvalue weighted by molar-refractivity contribution is 0.160. The molecule has 2 atom stereocenters. The van der Waals surface area contributed by atoms with E-state index in [0.29, 0.717) is 16.6 Å². The molecule has 0 saturated carbocycles. The van der Waals surface area contributed by atoms with Crippen molar-refractivity contribution in [1.82, 2.24) is 0 Å². The molecule has 0 amide bonds. The zero-order chi connectivity index (χ0) is 15.0. The van der Waals surface area contributed by atoms with Crippen molar-refractivity contribution in [1.29, 1.82) is 0 Å². The molecule has 1 heterocycles. The summed E-state index contributed by atoms with van der Waals surface area (Å²) in [7, 11) is 1.61. The van der Waals surface area contributed by atoms with E-state index in [1.807, 2.05) is 18.2 Å². The standard InChI is InChI=1S/C16H15BrFNO2/c1-20-10-3-5-12-14(19)8-16(21-15(12)7-10)11-4-2-9(18)6-13(11)17/h2-7,14,16H,8,19H2,1H3. The second-order valence-corrected chi connectivity index (χ2v) is 5.87. The van der Waals surface area contributed by atoms with Crippen LogP contribution in [0, 0.1) is 5.82 Å². The molecule has 0 spiro atoms. The van der Waals surface area contributed by atoms with Gasteiger partial charge in [-0.25, -0.2) is 4.39 Å². The summed E-state index contributed by atoms with van der Waals surface area (Å²) in [6.07, 6.45) is 0.429. The summed E-state index contributed by atoms with van der Waals surface area (Å²) in [5.74, 6) is 1.15. The fourth-order valence-corrected chi connectivity index (χ4v) is 3.17.